The average Bonchev–Trinajstić information content (AvgIpc) is 0.754. The van der Waals surface area contributed by atoms with Crippen LogP contribution in [0.3, 0.4) is 0 Å². The first kappa shape index (κ1) is 80.6. The van der Waals surface area contributed by atoms with E-state index in [1.807, 2.05) is 49.6 Å². The number of aryl methyl sites for hydroxylation is 2. The summed E-state index contributed by atoms with van der Waals surface area (Å²) in [5.74, 6) is -1.35. The van der Waals surface area contributed by atoms with Gasteiger partial charge in [-0.25, -0.2) is 36.4 Å². The predicted octanol–water partition coefficient (Wildman–Crippen LogP) is 14.8. The third-order valence-electron chi connectivity index (χ3n) is 18.6. The Balaban J connectivity index is 0.000000135. The van der Waals surface area contributed by atoms with Crippen LogP contribution < -0.4 is 54.2 Å². The maximum atomic E-state index is 13.3. The Morgan fingerprint density at radius 1 is 0.457 bits per heavy atom. The third-order valence-corrected chi connectivity index (χ3v) is 22.5. The minimum absolute atomic E-state index is 0.0230. The van der Waals surface area contributed by atoms with Crippen molar-refractivity contribution in [2.75, 3.05) is 26.7 Å². The fourth-order valence-electron chi connectivity index (χ4n) is 13.1. The molecule has 0 aliphatic heterocycles. The molecule has 8 aromatic heterocycles. The molecule has 588 valence electrons. The summed E-state index contributed by atoms with van der Waals surface area (Å²) >= 11 is 3.53. The number of halogens is 2. The van der Waals surface area contributed by atoms with Crippen LogP contribution in [-0.4, -0.2) is 73.8 Å². The first-order valence-corrected chi connectivity index (χ1v) is 40.0. The van der Waals surface area contributed by atoms with E-state index in [9.17, 15) is 76.0 Å². The summed E-state index contributed by atoms with van der Waals surface area (Å²) in [4.78, 5) is 104. The number of ether oxygens (including phenoxy) is 2. The number of nitrogens with zero attached hydrogens (tertiary/aromatic N) is 5. The number of unbranched alkanes of at least 4 members (excludes halogenated alkanes) is 1. The zero-order chi connectivity index (χ0) is 82.6. The molecule has 0 amide bonds. The van der Waals surface area contributed by atoms with E-state index < -0.39 is 72.1 Å². The highest BCUT2D eigenvalue weighted by Crippen LogP contribution is 2.41. The van der Waals surface area contributed by atoms with Crippen LogP contribution in [-0.2, 0) is 36.0 Å². The summed E-state index contributed by atoms with van der Waals surface area (Å²) in [6.07, 6.45) is 4.80. The van der Waals surface area contributed by atoms with Crippen LogP contribution in [0.1, 0.15) is 37.3 Å². The summed E-state index contributed by atoms with van der Waals surface area (Å²) < 4.78 is 88.1. The normalized spacial score (nSPS) is 11.4. The number of pyridine rings is 4. The van der Waals surface area contributed by atoms with Crippen molar-refractivity contribution < 1.29 is 64.8 Å². The van der Waals surface area contributed by atoms with Crippen molar-refractivity contribution >= 4 is 133 Å². The number of nitriles is 1. The van der Waals surface area contributed by atoms with E-state index in [1.165, 1.54) is 87.2 Å². The number of aromatic nitrogens is 4. The highest BCUT2D eigenvalue weighted by Gasteiger charge is 2.27. The van der Waals surface area contributed by atoms with E-state index in [0.29, 0.717) is 71.6 Å². The number of methoxy groups -OCH3 is 2. The van der Waals surface area contributed by atoms with E-state index in [4.69, 9.17) is 32.4 Å². The Morgan fingerprint density at radius 2 is 0.871 bits per heavy atom. The van der Waals surface area contributed by atoms with Crippen LogP contribution in [0.2, 0.25) is 0 Å². The van der Waals surface area contributed by atoms with Crippen molar-refractivity contribution in [2.45, 2.75) is 81.7 Å². The molecule has 0 atom stereocenters. The number of fused-ring (bicyclic) bond motifs is 12. The molecule has 0 bridgehead atoms. The van der Waals surface area contributed by atoms with Crippen molar-refractivity contribution in [2.24, 2.45) is 0 Å². The molecule has 4 N–H and O–H groups in total. The lowest BCUT2D eigenvalue weighted by atomic mass is 10.1. The van der Waals surface area contributed by atoms with Gasteiger partial charge in [0.05, 0.1) is 78.9 Å². The molecule has 0 saturated heterocycles. The topological polar surface area (TPSA) is 366 Å². The van der Waals surface area contributed by atoms with E-state index in [-0.39, 0.29) is 107 Å². The van der Waals surface area contributed by atoms with Gasteiger partial charge in [0.1, 0.15) is 66.0 Å². The lowest BCUT2D eigenvalue weighted by Gasteiger charge is -2.14. The molecule has 16 rings (SSSR count). The molecule has 0 unspecified atom stereocenters. The maximum Gasteiger partial charge on any atom is 0.354 e. The number of aromatic hydroxyl groups is 4. The van der Waals surface area contributed by atoms with Crippen LogP contribution in [0, 0.1) is 23.0 Å². The van der Waals surface area contributed by atoms with Gasteiger partial charge in [-0.05, 0) is 145 Å². The molecule has 25 nitrogen and oxygen atoms in total. The summed E-state index contributed by atoms with van der Waals surface area (Å²) in [7, 11) is -0.502. The molecule has 8 aromatic carbocycles. The first-order valence-electron chi connectivity index (χ1n) is 35.3. The van der Waals surface area contributed by atoms with Gasteiger partial charge in [0.15, 0.2) is 43.7 Å². The van der Waals surface area contributed by atoms with Crippen molar-refractivity contribution in [3.05, 3.63) is 300 Å². The molecular formula is C85H65F2N5O20S4. The lowest BCUT2D eigenvalue weighted by molar-refractivity contribution is 0.413. The Bertz CT molecular complexity index is 7320. The predicted molar refractivity (Wildman–Crippen MR) is 439 cm³/mol. The number of rotatable bonds is 17. The number of benzene rings is 8. The van der Waals surface area contributed by atoms with Crippen LogP contribution in [0.4, 0.5) is 8.78 Å². The second-order valence-electron chi connectivity index (χ2n) is 26.0. The molecule has 0 spiro atoms. The Morgan fingerprint density at radius 3 is 1.30 bits per heavy atom. The van der Waals surface area contributed by atoms with Gasteiger partial charge in [0.2, 0.25) is 0 Å². The highest BCUT2D eigenvalue weighted by molar-refractivity contribution is 7.99. The molecule has 116 heavy (non-hydrogen) atoms. The van der Waals surface area contributed by atoms with Gasteiger partial charge >= 0.3 is 22.5 Å². The smallest absolute Gasteiger partial charge is 0.354 e. The largest absolute Gasteiger partial charge is 0.507 e. The number of para-hydroxylation sites is 2. The van der Waals surface area contributed by atoms with Crippen molar-refractivity contribution in [1.29, 1.82) is 5.26 Å². The SMILES string of the molecule is CCCCn1c(=O)c2c(O)c(Sc3cccc(OC)c3)c(=O)oc2c2ccccc21.COc1cccc(Sc2c(O)c3c(=O)n(CCC#N)c4ccccc4c3oc2=O)c1.CS(=O)(=O)c1ccc2c(c1)c1oc(=O)cc(O)c1c(=O)n2Cc1ccc(F)cc1.CSc1ccc2c(c1)c1oc(=O)cc(O)c1c(=O)n2Cc1ccc(F)cc1. The van der Waals surface area contributed by atoms with Gasteiger partial charge in [-0.3, -0.25) is 19.2 Å². The first-order chi connectivity index (χ1) is 55.7. The van der Waals surface area contributed by atoms with Gasteiger partial charge in [0.25, 0.3) is 22.2 Å². The van der Waals surface area contributed by atoms with Crippen LogP contribution in [0.25, 0.3) is 87.5 Å². The second-order valence-corrected chi connectivity index (χ2v) is 31.1. The summed E-state index contributed by atoms with van der Waals surface area (Å²) in [5.41, 5.74) is -1.65. The monoisotopic (exact) mass is 1640 g/mol. The van der Waals surface area contributed by atoms with Gasteiger partial charge < -0.3 is 65.8 Å². The summed E-state index contributed by atoms with van der Waals surface area (Å²) in [6.45, 7) is 2.93. The fourth-order valence-corrected chi connectivity index (χ4v) is 15.9. The Kier molecular flexibility index (Phi) is 23.7. The maximum absolute atomic E-state index is 13.3. The summed E-state index contributed by atoms with van der Waals surface area (Å²) in [6, 6.07) is 52.8. The zero-order valence-electron chi connectivity index (χ0n) is 61.9. The van der Waals surface area contributed by atoms with Crippen LogP contribution >= 0.6 is 35.3 Å². The van der Waals surface area contributed by atoms with E-state index in [1.54, 1.807) is 109 Å². The molecule has 0 radical (unpaired) electrons. The Hall–Kier alpha value is -13.4. The van der Waals surface area contributed by atoms with Gasteiger partial charge in [-0.15, -0.1) is 11.8 Å². The molecular weight excluding hydrogens is 1580 g/mol. The van der Waals surface area contributed by atoms with Crippen LogP contribution in [0.5, 0.6) is 34.5 Å². The van der Waals surface area contributed by atoms with E-state index in [2.05, 4.69) is 0 Å². The fraction of sp³-hybridized carbons (Fsp3) is 0.141. The molecule has 0 aliphatic rings. The van der Waals surface area contributed by atoms with E-state index >= 15 is 0 Å². The highest BCUT2D eigenvalue weighted by atomic mass is 32.2. The van der Waals surface area contributed by atoms with Gasteiger partial charge in [-0.1, -0.05) is 97.5 Å². The molecule has 0 aliphatic carbocycles. The average molecular weight is 1640 g/mol. The number of thioether (sulfide) groups is 1. The second kappa shape index (κ2) is 34.1. The minimum atomic E-state index is -3.58. The number of sulfone groups is 1. The molecule has 8 heterocycles. The quantitative estimate of drug-likeness (QED) is 0.0486. The van der Waals surface area contributed by atoms with Crippen molar-refractivity contribution in [3.63, 3.8) is 0 Å². The lowest BCUT2D eigenvalue weighted by Crippen LogP contribution is -2.22. The summed E-state index contributed by atoms with van der Waals surface area (Å²) in [5, 5.41) is 52.8. The standard InChI is InChI=1S/C23H21NO5S.C22H16N2O5S.C20H14FNO6S.C20H14FNO4S/c1-3-4-12-24-17-11-6-5-10-16(17)20-18(22(24)26)19(25)21(23(27)29-20)30-15-9-7-8-14(13-15)28-2;1-28-13-6-4-7-14(12-13)30-20-18(25)17-19(29-22(20)27)15-8-2-3-9-16(15)24(21(17)26)11-5-10-23;1-29(26,27)13-6-7-15-14(8-13)19-18(16(23)9-17(24)28-19)20(25)22(15)10-11-2-4-12(21)5-3-11;1-27-13-6-7-15-14(8-13)19-18(16(23)9-17(24)26-19)20(25)22(15)10-11-2-4-12(21)5-3-11/h5-11,13,25H,3-4,12H2,1-2H3;2-4,6-9,12,25H,5,11H2,1H3;2-9,23H,10H2,1H3;2-9,23H,10H2,1H3. The number of hydrogen-bond donors (Lipinski definition) is 4. The molecule has 16 aromatic rings. The molecule has 31 heteroatoms. The van der Waals surface area contributed by atoms with Gasteiger partial charge in [0, 0.05) is 55.6 Å². The molecule has 0 saturated carbocycles. The minimum Gasteiger partial charge on any atom is -0.507 e. The van der Waals surface area contributed by atoms with Crippen molar-refractivity contribution in [1.82, 2.24) is 18.3 Å². The van der Waals surface area contributed by atoms with E-state index in [0.717, 1.165) is 65.2 Å². The van der Waals surface area contributed by atoms with Crippen LogP contribution in [0.15, 0.2) is 280 Å². The van der Waals surface area contributed by atoms with Gasteiger partial charge in [-0.2, -0.15) is 5.26 Å². The number of hydrogen-bond acceptors (Lipinski definition) is 24. The molecule has 0 fully saturated rings. The van der Waals surface area contributed by atoms with Crippen molar-refractivity contribution in [3.8, 4) is 40.6 Å². The Labute approximate surface area is 665 Å². The zero-order valence-corrected chi connectivity index (χ0v) is 65.1. The third kappa shape index (κ3) is 16.4.